The first-order valence-corrected chi connectivity index (χ1v) is 6.97. The van der Waals surface area contributed by atoms with Gasteiger partial charge in [0.15, 0.2) is 0 Å². The van der Waals surface area contributed by atoms with Crippen LogP contribution in [0, 0.1) is 0 Å². The second-order valence-corrected chi connectivity index (χ2v) is 4.82. The maximum absolute atomic E-state index is 5.68. The number of para-hydroxylation sites is 1. The van der Waals surface area contributed by atoms with Gasteiger partial charge in [0.1, 0.15) is 11.5 Å². The molecule has 0 bridgehead atoms. The van der Waals surface area contributed by atoms with E-state index < -0.39 is 0 Å². The van der Waals surface area contributed by atoms with Gasteiger partial charge in [-0.1, -0.05) is 31.2 Å². The Kier molecular flexibility index (Phi) is 3.79. The van der Waals surface area contributed by atoms with Gasteiger partial charge in [-0.05, 0) is 23.8 Å². The fourth-order valence-corrected chi connectivity index (χ4v) is 2.34. The smallest absolute Gasteiger partial charge is 0.117 e. The second-order valence-electron chi connectivity index (χ2n) is 4.82. The third kappa shape index (κ3) is 2.73. The van der Waals surface area contributed by atoms with Crippen LogP contribution in [0.15, 0.2) is 53.1 Å². The van der Waals surface area contributed by atoms with Gasteiger partial charge in [-0.2, -0.15) is 0 Å². The first-order valence-electron chi connectivity index (χ1n) is 6.97. The van der Waals surface area contributed by atoms with E-state index in [1.54, 1.807) is 0 Å². The number of benzene rings is 1. The van der Waals surface area contributed by atoms with Crippen molar-refractivity contribution in [1.29, 1.82) is 0 Å². The minimum atomic E-state index is 0.739. The number of rotatable bonds is 5. The highest BCUT2D eigenvalue weighted by Crippen LogP contribution is 2.16. The molecule has 0 atom stereocenters. The summed E-state index contributed by atoms with van der Waals surface area (Å²) in [6.07, 6.45) is 2.78. The minimum Gasteiger partial charge on any atom is -0.465 e. The molecule has 3 nitrogen and oxygen atoms in total. The van der Waals surface area contributed by atoms with Crippen LogP contribution in [0.25, 0.3) is 10.9 Å². The average Bonchev–Trinajstić information content (AvgIpc) is 2.95. The summed E-state index contributed by atoms with van der Waals surface area (Å²) in [7, 11) is 0. The van der Waals surface area contributed by atoms with Crippen LogP contribution >= 0.6 is 0 Å². The van der Waals surface area contributed by atoms with Gasteiger partial charge >= 0.3 is 0 Å². The van der Waals surface area contributed by atoms with Crippen LogP contribution in [-0.4, -0.2) is 4.98 Å². The molecule has 0 aliphatic heterocycles. The number of hydrogen-bond acceptors (Lipinski definition) is 3. The zero-order valence-corrected chi connectivity index (χ0v) is 11.6. The van der Waals surface area contributed by atoms with Gasteiger partial charge in [0.05, 0.1) is 12.1 Å². The predicted molar refractivity (Wildman–Crippen MR) is 80.4 cm³/mol. The maximum atomic E-state index is 5.68. The largest absolute Gasteiger partial charge is 0.465 e. The highest BCUT2D eigenvalue weighted by atomic mass is 16.3. The number of aromatic nitrogens is 1. The summed E-state index contributed by atoms with van der Waals surface area (Å²) in [5.74, 6) is 2.02. The van der Waals surface area contributed by atoms with Gasteiger partial charge in [-0.25, -0.2) is 0 Å². The van der Waals surface area contributed by atoms with Gasteiger partial charge in [0, 0.05) is 24.5 Å². The lowest BCUT2D eigenvalue weighted by molar-refractivity contribution is 0.450. The van der Waals surface area contributed by atoms with Crippen molar-refractivity contribution in [3.63, 3.8) is 0 Å². The molecular formula is C17H18N2O. The van der Waals surface area contributed by atoms with Crippen molar-refractivity contribution in [3.8, 4) is 0 Å². The fraction of sp³-hybridized carbons (Fsp3) is 0.235. The van der Waals surface area contributed by atoms with Crippen molar-refractivity contribution in [2.45, 2.75) is 26.4 Å². The molecule has 3 heteroatoms. The van der Waals surface area contributed by atoms with E-state index in [4.69, 9.17) is 4.42 Å². The van der Waals surface area contributed by atoms with Crippen molar-refractivity contribution >= 4 is 10.9 Å². The van der Waals surface area contributed by atoms with Crippen LogP contribution < -0.4 is 5.32 Å². The number of furan rings is 1. The lowest BCUT2D eigenvalue weighted by atomic mass is 10.1. The number of hydrogen-bond donors (Lipinski definition) is 1. The third-order valence-electron chi connectivity index (χ3n) is 3.40. The zero-order chi connectivity index (χ0) is 13.8. The maximum Gasteiger partial charge on any atom is 0.117 e. The molecule has 0 aliphatic carbocycles. The molecule has 20 heavy (non-hydrogen) atoms. The molecule has 0 saturated heterocycles. The van der Waals surface area contributed by atoms with Crippen LogP contribution in [0.2, 0.25) is 0 Å². The van der Waals surface area contributed by atoms with Crippen LogP contribution in [-0.2, 0) is 19.5 Å². The van der Waals surface area contributed by atoms with E-state index in [9.17, 15) is 0 Å². The van der Waals surface area contributed by atoms with Gasteiger partial charge in [0.25, 0.3) is 0 Å². The first-order chi connectivity index (χ1) is 9.86. The second kappa shape index (κ2) is 5.88. The van der Waals surface area contributed by atoms with E-state index in [1.807, 2.05) is 24.4 Å². The van der Waals surface area contributed by atoms with Crippen LogP contribution in [0.5, 0.6) is 0 Å². The molecule has 3 aromatic rings. The molecule has 0 saturated carbocycles. The van der Waals surface area contributed by atoms with E-state index in [2.05, 4.69) is 41.5 Å². The molecule has 2 aromatic heterocycles. The quantitative estimate of drug-likeness (QED) is 0.765. The van der Waals surface area contributed by atoms with Crippen LogP contribution in [0.1, 0.15) is 24.0 Å². The van der Waals surface area contributed by atoms with E-state index in [0.29, 0.717) is 0 Å². The molecule has 1 aromatic carbocycles. The Morgan fingerprint density at radius 2 is 1.85 bits per heavy atom. The molecule has 3 rings (SSSR count). The molecule has 0 fully saturated rings. The van der Waals surface area contributed by atoms with Crippen molar-refractivity contribution in [3.05, 3.63) is 65.7 Å². The van der Waals surface area contributed by atoms with Crippen molar-refractivity contribution in [2.75, 3.05) is 0 Å². The summed E-state index contributed by atoms with van der Waals surface area (Å²) in [5, 5.41) is 4.59. The van der Waals surface area contributed by atoms with Crippen molar-refractivity contribution in [1.82, 2.24) is 10.3 Å². The van der Waals surface area contributed by atoms with Crippen molar-refractivity contribution < 1.29 is 4.42 Å². The number of nitrogens with zero attached hydrogens (tertiary/aromatic N) is 1. The third-order valence-corrected chi connectivity index (χ3v) is 3.40. The normalized spacial score (nSPS) is 11.1. The summed E-state index contributed by atoms with van der Waals surface area (Å²) < 4.78 is 5.68. The summed E-state index contributed by atoms with van der Waals surface area (Å²) >= 11 is 0. The first kappa shape index (κ1) is 12.9. The lowest BCUT2D eigenvalue weighted by Crippen LogP contribution is -2.12. The molecule has 0 radical (unpaired) electrons. The average molecular weight is 266 g/mol. The lowest BCUT2D eigenvalue weighted by Gasteiger charge is -2.06. The molecule has 102 valence electrons. The Morgan fingerprint density at radius 3 is 2.70 bits per heavy atom. The highest BCUT2D eigenvalue weighted by Gasteiger charge is 2.03. The Morgan fingerprint density at radius 1 is 1.00 bits per heavy atom. The van der Waals surface area contributed by atoms with Gasteiger partial charge in [0.2, 0.25) is 0 Å². The molecule has 0 amide bonds. The molecule has 0 aliphatic rings. The number of aryl methyl sites for hydroxylation is 1. The summed E-state index contributed by atoms with van der Waals surface area (Å²) in [6, 6.07) is 14.4. The fourth-order valence-electron chi connectivity index (χ4n) is 2.34. The molecule has 2 heterocycles. The van der Waals surface area contributed by atoms with Crippen molar-refractivity contribution in [2.24, 2.45) is 0 Å². The summed E-state index contributed by atoms with van der Waals surface area (Å²) in [5.41, 5.74) is 2.28. The summed E-state index contributed by atoms with van der Waals surface area (Å²) in [6.45, 7) is 3.62. The zero-order valence-electron chi connectivity index (χ0n) is 11.6. The van der Waals surface area contributed by atoms with Crippen LogP contribution in [0.3, 0.4) is 0 Å². The Hall–Kier alpha value is -2.13. The SMILES string of the molecule is CCc1ccc(CNCc2cccc3cccnc23)o1. The molecule has 0 unspecified atom stereocenters. The predicted octanol–water partition coefficient (Wildman–Crippen LogP) is 3.68. The standard InChI is InChI=1S/C17H18N2O/c1-2-15-8-9-16(20-15)12-18-11-14-6-3-5-13-7-4-10-19-17(13)14/h3-10,18H,2,11-12H2,1H3. The van der Waals surface area contributed by atoms with Gasteiger partial charge in [-0.3, -0.25) is 4.98 Å². The van der Waals surface area contributed by atoms with E-state index in [-0.39, 0.29) is 0 Å². The molecule has 1 N–H and O–H groups in total. The summed E-state index contributed by atoms with van der Waals surface area (Å²) in [4.78, 5) is 4.46. The molecule has 0 spiro atoms. The van der Waals surface area contributed by atoms with Crippen LogP contribution in [0.4, 0.5) is 0 Å². The number of pyridine rings is 1. The molecular weight excluding hydrogens is 248 g/mol. The van der Waals surface area contributed by atoms with Gasteiger partial charge < -0.3 is 9.73 Å². The van der Waals surface area contributed by atoms with E-state index in [0.717, 1.165) is 36.5 Å². The number of nitrogens with one attached hydrogen (secondary N) is 1. The monoisotopic (exact) mass is 266 g/mol. The van der Waals surface area contributed by atoms with E-state index in [1.165, 1.54) is 10.9 Å². The number of fused-ring (bicyclic) bond motifs is 1. The highest BCUT2D eigenvalue weighted by molar-refractivity contribution is 5.81. The van der Waals surface area contributed by atoms with E-state index >= 15 is 0 Å². The topological polar surface area (TPSA) is 38.1 Å². The minimum absolute atomic E-state index is 0.739. The Bertz CT molecular complexity index is 698. The Labute approximate surface area is 118 Å². The Balaban J connectivity index is 1.68. The van der Waals surface area contributed by atoms with Gasteiger partial charge in [-0.15, -0.1) is 0 Å².